The van der Waals surface area contributed by atoms with Crippen LogP contribution in [0.2, 0.25) is 0 Å². The van der Waals surface area contributed by atoms with Gasteiger partial charge >= 0.3 is 0 Å². The molecule has 0 aliphatic heterocycles. The van der Waals surface area contributed by atoms with E-state index in [1.54, 1.807) is 19.2 Å². The summed E-state index contributed by atoms with van der Waals surface area (Å²) in [5.74, 6) is -0.0814. The van der Waals surface area contributed by atoms with E-state index in [2.05, 4.69) is 21.2 Å². The number of pyridine rings is 1. The van der Waals surface area contributed by atoms with Gasteiger partial charge in [0, 0.05) is 22.8 Å². The lowest BCUT2D eigenvalue weighted by Gasteiger charge is -2.18. The van der Waals surface area contributed by atoms with E-state index < -0.39 is 6.04 Å². The zero-order valence-electron chi connectivity index (χ0n) is 10.4. The largest absolute Gasteiger partial charge is 0.352 e. The Morgan fingerprint density at radius 1 is 1.44 bits per heavy atom. The molecule has 1 aliphatic carbocycles. The molecule has 1 aliphatic rings. The number of carbonyl (C=O) groups is 1. The molecule has 0 spiro atoms. The van der Waals surface area contributed by atoms with Crippen molar-refractivity contribution in [3.63, 3.8) is 0 Å². The molecule has 0 aromatic carbocycles. The molecule has 1 atom stereocenters. The Balaban J connectivity index is 2.09. The fourth-order valence-corrected chi connectivity index (χ4v) is 2.65. The van der Waals surface area contributed by atoms with Crippen LogP contribution in [0.25, 0.3) is 0 Å². The van der Waals surface area contributed by atoms with Crippen molar-refractivity contribution < 1.29 is 4.79 Å². The summed E-state index contributed by atoms with van der Waals surface area (Å²) in [6, 6.07) is 2.95. The van der Waals surface area contributed by atoms with E-state index in [1.165, 1.54) is 23.5 Å². The fourth-order valence-electron chi connectivity index (χ4n) is 2.30. The molecule has 2 rings (SSSR count). The van der Waals surface area contributed by atoms with Crippen molar-refractivity contribution in [3.8, 4) is 0 Å². The molecule has 1 unspecified atom stereocenters. The van der Waals surface area contributed by atoms with Gasteiger partial charge in [-0.15, -0.1) is 0 Å². The van der Waals surface area contributed by atoms with E-state index in [1.807, 2.05) is 0 Å². The molecular weight excluding hydrogens is 296 g/mol. The summed E-state index contributed by atoms with van der Waals surface area (Å²) in [4.78, 5) is 23.8. The van der Waals surface area contributed by atoms with Gasteiger partial charge in [-0.3, -0.25) is 9.59 Å². The third-order valence-corrected chi connectivity index (χ3v) is 3.87. The predicted octanol–water partition coefficient (Wildman–Crippen LogP) is 2.23. The molecule has 4 nitrogen and oxygen atoms in total. The van der Waals surface area contributed by atoms with Crippen LogP contribution in [0.15, 0.2) is 27.6 Å². The minimum Gasteiger partial charge on any atom is -0.352 e. The summed E-state index contributed by atoms with van der Waals surface area (Å²) >= 11 is 3.31. The Kier molecular flexibility index (Phi) is 4.22. The standard InChI is InChI=1S/C13H17BrN2O2/c1-9(13(18)15-11-4-2-3-5-11)16-8-10(14)6-7-12(16)17/h6-9,11H,2-5H2,1H3,(H,15,18). The Labute approximate surface area is 115 Å². The molecule has 0 bridgehead atoms. The van der Waals surface area contributed by atoms with Crippen molar-refractivity contribution in [2.75, 3.05) is 0 Å². The average Bonchev–Trinajstić information content (AvgIpc) is 2.84. The van der Waals surface area contributed by atoms with Gasteiger partial charge in [-0.2, -0.15) is 0 Å². The molecule has 1 aromatic rings. The van der Waals surface area contributed by atoms with Gasteiger partial charge in [0.05, 0.1) is 0 Å². The second kappa shape index (κ2) is 5.69. The van der Waals surface area contributed by atoms with Crippen LogP contribution in [-0.4, -0.2) is 16.5 Å². The van der Waals surface area contributed by atoms with Crippen LogP contribution in [-0.2, 0) is 4.79 Å². The zero-order valence-corrected chi connectivity index (χ0v) is 11.9. The molecule has 1 aromatic heterocycles. The van der Waals surface area contributed by atoms with Gasteiger partial charge in [0.1, 0.15) is 6.04 Å². The van der Waals surface area contributed by atoms with E-state index in [0.717, 1.165) is 17.3 Å². The Hall–Kier alpha value is -1.10. The summed E-state index contributed by atoms with van der Waals surface area (Å²) in [7, 11) is 0. The van der Waals surface area contributed by atoms with Crippen LogP contribution in [0.4, 0.5) is 0 Å². The molecule has 0 radical (unpaired) electrons. The van der Waals surface area contributed by atoms with Gasteiger partial charge in [-0.25, -0.2) is 0 Å². The van der Waals surface area contributed by atoms with E-state index in [4.69, 9.17) is 0 Å². The maximum absolute atomic E-state index is 12.1. The second-order valence-corrected chi connectivity index (χ2v) is 5.67. The predicted molar refractivity (Wildman–Crippen MR) is 73.5 cm³/mol. The van der Waals surface area contributed by atoms with Crippen LogP contribution in [0, 0.1) is 0 Å². The first-order valence-corrected chi connectivity index (χ1v) is 7.05. The highest BCUT2D eigenvalue weighted by Gasteiger charge is 2.21. The van der Waals surface area contributed by atoms with Crippen molar-refractivity contribution in [1.82, 2.24) is 9.88 Å². The maximum Gasteiger partial charge on any atom is 0.251 e. The molecule has 1 saturated carbocycles. The fraction of sp³-hybridized carbons (Fsp3) is 0.538. The quantitative estimate of drug-likeness (QED) is 0.930. The van der Waals surface area contributed by atoms with Gasteiger partial charge < -0.3 is 9.88 Å². The number of hydrogen-bond acceptors (Lipinski definition) is 2. The van der Waals surface area contributed by atoms with Gasteiger partial charge in [0.15, 0.2) is 0 Å². The van der Waals surface area contributed by atoms with E-state index >= 15 is 0 Å². The average molecular weight is 313 g/mol. The van der Waals surface area contributed by atoms with Crippen molar-refractivity contribution in [3.05, 3.63) is 33.2 Å². The first-order chi connectivity index (χ1) is 8.58. The summed E-state index contributed by atoms with van der Waals surface area (Å²) in [6.45, 7) is 1.75. The van der Waals surface area contributed by atoms with Gasteiger partial charge in [-0.1, -0.05) is 12.8 Å². The van der Waals surface area contributed by atoms with Crippen molar-refractivity contribution in [2.24, 2.45) is 0 Å². The Morgan fingerprint density at radius 3 is 2.78 bits per heavy atom. The Bertz CT molecular complexity index is 492. The maximum atomic E-state index is 12.1. The number of carbonyl (C=O) groups excluding carboxylic acids is 1. The summed E-state index contributed by atoms with van der Waals surface area (Å²) in [5, 5.41) is 3.01. The van der Waals surface area contributed by atoms with Crippen molar-refractivity contribution in [1.29, 1.82) is 0 Å². The molecule has 5 heteroatoms. The smallest absolute Gasteiger partial charge is 0.251 e. The van der Waals surface area contributed by atoms with Gasteiger partial charge in [0.2, 0.25) is 5.91 Å². The lowest BCUT2D eigenvalue weighted by Crippen LogP contribution is -2.39. The first kappa shape index (κ1) is 13.3. The number of amides is 1. The number of hydrogen-bond donors (Lipinski definition) is 1. The highest BCUT2D eigenvalue weighted by molar-refractivity contribution is 9.10. The normalized spacial score (nSPS) is 17.7. The van der Waals surface area contributed by atoms with Crippen LogP contribution in [0.1, 0.15) is 38.6 Å². The third kappa shape index (κ3) is 3.02. The monoisotopic (exact) mass is 312 g/mol. The molecule has 1 fully saturated rings. The summed E-state index contributed by atoms with van der Waals surface area (Å²) in [6.07, 6.45) is 6.10. The minimum absolute atomic E-state index is 0.0814. The summed E-state index contributed by atoms with van der Waals surface area (Å²) < 4.78 is 2.25. The number of rotatable bonds is 3. The molecule has 1 heterocycles. The van der Waals surface area contributed by atoms with Crippen LogP contribution in [0.5, 0.6) is 0 Å². The van der Waals surface area contributed by atoms with Gasteiger partial charge in [0.25, 0.3) is 5.56 Å². The van der Waals surface area contributed by atoms with E-state index in [-0.39, 0.29) is 17.5 Å². The van der Waals surface area contributed by atoms with E-state index in [9.17, 15) is 9.59 Å². The summed E-state index contributed by atoms with van der Waals surface area (Å²) in [5.41, 5.74) is -0.160. The van der Waals surface area contributed by atoms with Gasteiger partial charge in [-0.05, 0) is 41.8 Å². The third-order valence-electron chi connectivity index (χ3n) is 3.40. The van der Waals surface area contributed by atoms with E-state index in [0.29, 0.717) is 0 Å². The molecule has 98 valence electrons. The lowest BCUT2D eigenvalue weighted by atomic mass is 10.2. The molecule has 18 heavy (non-hydrogen) atoms. The Morgan fingerprint density at radius 2 is 2.11 bits per heavy atom. The molecule has 1 N–H and O–H groups in total. The van der Waals surface area contributed by atoms with Crippen molar-refractivity contribution in [2.45, 2.75) is 44.7 Å². The second-order valence-electron chi connectivity index (χ2n) is 4.76. The number of halogens is 1. The van der Waals surface area contributed by atoms with Crippen molar-refractivity contribution >= 4 is 21.8 Å². The van der Waals surface area contributed by atoms with Crippen LogP contribution in [0.3, 0.4) is 0 Å². The first-order valence-electron chi connectivity index (χ1n) is 6.26. The lowest BCUT2D eigenvalue weighted by molar-refractivity contribution is -0.124. The highest BCUT2D eigenvalue weighted by atomic mass is 79.9. The molecule has 1 amide bonds. The number of aromatic nitrogens is 1. The van der Waals surface area contributed by atoms with Crippen LogP contribution >= 0.6 is 15.9 Å². The minimum atomic E-state index is -0.476. The molecular formula is C13H17BrN2O2. The SMILES string of the molecule is CC(C(=O)NC1CCCC1)n1cc(Br)ccc1=O. The number of nitrogens with zero attached hydrogens (tertiary/aromatic N) is 1. The zero-order chi connectivity index (χ0) is 13.1. The van der Waals surface area contributed by atoms with Crippen LogP contribution < -0.4 is 10.9 Å². The number of nitrogens with one attached hydrogen (secondary N) is 1. The topological polar surface area (TPSA) is 51.1 Å². The molecule has 0 saturated heterocycles. The highest BCUT2D eigenvalue weighted by Crippen LogP contribution is 2.18.